The summed E-state index contributed by atoms with van der Waals surface area (Å²) in [6.07, 6.45) is 0. The minimum atomic E-state index is -0.458. The zero-order valence-corrected chi connectivity index (χ0v) is 16.9. The lowest BCUT2D eigenvalue weighted by Crippen LogP contribution is -2.05. The Morgan fingerprint density at radius 3 is 2.00 bits per heavy atom. The number of thiazole rings is 1. The average molecular weight is 405 g/mol. The minimum absolute atomic E-state index is 0.260. The van der Waals surface area contributed by atoms with Gasteiger partial charge < -0.3 is 9.47 Å². The van der Waals surface area contributed by atoms with Gasteiger partial charge in [0.15, 0.2) is 0 Å². The summed E-state index contributed by atoms with van der Waals surface area (Å²) in [7, 11) is 0. The van der Waals surface area contributed by atoms with Crippen molar-refractivity contribution in [2.45, 2.75) is 13.8 Å². The first-order valence-corrected chi connectivity index (χ1v) is 10.2. The van der Waals surface area contributed by atoms with Gasteiger partial charge in [-0.25, -0.2) is 14.6 Å². The Morgan fingerprint density at radius 1 is 0.862 bits per heavy atom. The number of aromatic nitrogens is 1. The predicted octanol–water partition coefficient (Wildman–Crippen LogP) is 5.42. The maximum Gasteiger partial charge on any atom is 0.338 e. The lowest BCUT2D eigenvalue weighted by molar-refractivity contribution is 0.0525. The Kier molecular flexibility index (Phi) is 5.27. The highest BCUT2D eigenvalue weighted by molar-refractivity contribution is 7.21. The van der Waals surface area contributed by atoms with Crippen molar-refractivity contribution >= 4 is 33.5 Å². The second kappa shape index (κ2) is 8.01. The van der Waals surface area contributed by atoms with Gasteiger partial charge in [-0.1, -0.05) is 36.4 Å². The quantitative estimate of drug-likeness (QED) is 0.415. The van der Waals surface area contributed by atoms with E-state index < -0.39 is 11.9 Å². The third-order valence-corrected chi connectivity index (χ3v) is 5.64. The molecule has 0 fully saturated rings. The molecule has 2 aliphatic rings. The topological polar surface area (TPSA) is 65.5 Å². The monoisotopic (exact) mass is 405 g/mol. The second-order valence-corrected chi connectivity index (χ2v) is 7.38. The molecule has 0 amide bonds. The summed E-state index contributed by atoms with van der Waals surface area (Å²) in [5.74, 6) is -0.915. The number of carbonyl (C=O) groups excluding carboxylic acids is 2. The van der Waals surface area contributed by atoms with Gasteiger partial charge in [-0.15, -0.1) is 11.3 Å². The third kappa shape index (κ3) is 3.59. The van der Waals surface area contributed by atoms with Crippen LogP contribution in [0.2, 0.25) is 0 Å². The first-order chi connectivity index (χ1) is 14.1. The fourth-order valence-electron chi connectivity index (χ4n) is 3.24. The molecule has 1 aromatic heterocycles. The average Bonchev–Trinajstić information content (AvgIpc) is 3.24. The smallest absolute Gasteiger partial charge is 0.338 e. The normalized spacial score (nSPS) is 11.0. The van der Waals surface area contributed by atoms with Gasteiger partial charge in [0.05, 0.1) is 34.6 Å². The van der Waals surface area contributed by atoms with Crippen LogP contribution >= 0.6 is 11.3 Å². The molecule has 4 rings (SSSR count). The molecule has 29 heavy (non-hydrogen) atoms. The Labute approximate surface area is 172 Å². The van der Waals surface area contributed by atoms with Crippen molar-refractivity contribution in [3.05, 3.63) is 65.7 Å². The number of fused-ring (bicyclic) bond motifs is 2. The number of nitrogens with zero attached hydrogens (tertiary/aromatic N) is 1. The fraction of sp³-hybridized carbons (Fsp3) is 0.174. The van der Waals surface area contributed by atoms with Crippen LogP contribution in [0.5, 0.6) is 0 Å². The van der Waals surface area contributed by atoms with Gasteiger partial charge in [0, 0.05) is 5.56 Å². The van der Waals surface area contributed by atoms with Crippen molar-refractivity contribution in [2.24, 2.45) is 0 Å². The number of carbonyl (C=O) groups is 2. The molecule has 2 aromatic rings. The van der Waals surface area contributed by atoms with E-state index in [-0.39, 0.29) is 13.2 Å². The Morgan fingerprint density at radius 2 is 1.45 bits per heavy atom. The van der Waals surface area contributed by atoms with Crippen molar-refractivity contribution in [1.82, 2.24) is 4.98 Å². The molecular formula is C23H19NO4S. The molecule has 0 saturated heterocycles. The van der Waals surface area contributed by atoms with Gasteiger partial charge >= 0.3 is 11.9 Å². The van der Waals surface area contributed by atoms with Crippen molar-refractivity contribution < 1.29 is 19.1 Å². The maximum absolute atomic E-state index is 12.4. The number of benzene rings is 1. The molecule has 146 valence electrons. The van der Waals surface area contributed by atoms with Crippen molar-refractivity contribution in [3.8, 4) is 21.7 Å². The van der Waals surface area contributed by atoms with Crippen LogP contribution in [0, 0.1) is 0 Å². The van der Waals surface area contributed by atoms with Crippen LogP contribution in [0.4, 0.5) is 0 Å². The molecule has 0 spiro atoms. The van der Waals surface area contributed by atoms with E-state index in [1.165, 1.54) is 0 Å². The van der Waals surface area contributed by atoms with E-state index in [2.05, 4.69) is 0 Å². The summed E-state index contributed by atoms with van der Waals surface area (Å²) in [4.78, 5) is 29.6. The highest BCUT2D eigenvalue weighted by atomic mass is 32.1. The van der Waals surface area contributed by atoms with Crippen LogP contribution in [-0.4, -0.2) is 30.1 Å². The summed E-state index contributed by atoms with van der Waals surface area (Å²) >= 11 is 1.60. The number of rotatable bonds is 5. The molecule has 5 nitrogen and oxygen atoms in total. The van der Waals surface area contributed by atoms with Crippen molar-refractivity contribution in [1.29, 1.82) is 0 Å². The minimum Gasteiger partial charge on any atom is -0.462 e. The number of hydrogen-bond acceptors (Lipinski definition) is 6. The molecule has 0 saturated carbocycles. The van der Waals surface area contributed by atoms with Gasteiger partial charge in [0.1, 0.15) is 5.01 Å². The van der Waals surface area contributed by atoms with E-state index in [9.17, 15) is 9.59 Å². The lowest BCUT2D eigenvalue weighted by atomic mass is 10.1. The van der Waals surface area contributed by atoms with E-state index in [1.807, 2.05) is 48.5 Å². The molecule has 0 aliphatic heterocycles. The molecule has 0 atom stereocenters. The Balaban J connectivity index is 1.86. The van der Waals surface area contributed by atoms with Gasteiger partial charge in [-0.3, -0.25) is 0 Å². The highest BCUT2D eigenvalue weighted by Gasteiger charge is 2.25. The lowest BCUT2D eigenvalue weighted by Gasteiger charge is -2.02. The number of ether oxygens (including phenoxy) is 2. The van der Waals surface area contributed by atoms with E-state index in [4.69, 9.17) is 14.5 Å². The van der Waals surface area contributed by atoms with Gasteiger partial charge in [0.25, 0.3) is 0 Å². The summed E-state index contributed by atoms with van der Waals surface area (Å²) in [6, 6.07) is 17.0. The van der Waals surface area contributed by atoms with Crippen LogP contribution in [-0.2, 0) is 9.47 Å². The third-order valence-electron chi connectivity index (χ3n) is 4.55. The zero-order chi connectivity index (χ0) is 20.4. The first kappa shape index (κ1) is 19.1. The van der Waals surface area contributed by atoms with Crippen molar-refractivity contribution in [3.63, 3.8) is 0 Å². The van der Waals surface area contributed by atoms with Gasteiger partial charge in [-0.05, 0) is 43.2 Å². The molecule has 2 aliphatic carbocycles. The summed E-state index contributed by atoms with van der Waals surface area (Å²) in [5, 5.41) is 0.874. The summed E-state index contributed by atoms with van der Waals surface area (Å²) < 4.78 is 11.5. The molecule has 0 unspecified atom stereocenters. The largest absolute Gasteiger partial charge is 0.462 e. The Hall–Kier alpha value is -3.25. The summed E-state index contributed by atoms with van der Waals surface area (Å²) in [6.45, 7) is 4.02. The molecule has 0 radical (unpaired) electrons. The van der Waals surface area contributed by atoms with Crippen LogP contribution in [0.15, 0.2) is 54.6 Å². The molecule has 1 heterocycles. The standard InChI is InChI=1S/C23H19NO4S/c1-3-27-22(25)17-13-18(23(26)28-4-2)16-12-10-14(9-11-15(16)17)21-24-19-7-5-6-8-20(19)29-21/h5-13H,3-4H2,1-2H3. The number of para-hydroxylation sites is 1. The molecular weight excluding hydrogens is 386 g/mol. The first-order valence-electron chi connectivity index (χ1n) is 9.39. The van der Waals surface area contributed by atoms with Crippen LogP contribution in [0.1, 0.15) is 34.6 Å². The molecule has 0 bridgehead atoms. The van der Waals surface area contributed by atoms with Crippen molar-refractivity contribution in [2.75, 3.05) is 13.2 Å². The van der Waals surface area contributed by atoms with Crippen LogP contribution < -0.4 is 0 Å². The van der Waals surface area contributed by atoms with Crippen LogP contribution in [0.3, 0.4) is 0 Å². The maximum atomic E-state index is 12.4. The number of hydrogen-bond donors (Lipinski definition) is 0. The van der Waals surface area contributed by atoms with E-state index in [1.54, 1.807) is 31.3 Å². The molecule has 6 heteroatoms. The van der Waals surface area contributed by atoms with E-state index >= 15 is 0 Å². The van der Waals surface area contributed by atoms with E-state index in [0.29, 0.717) is 22.3 Å². The summed E-state index contributed by atoms with van der Waals surface area (Å²) in [5.41, 5.74) is 3.87. The molecule has 1 aromatic carbocycles. The van der Waals surface area contributed by atoms with Gasteiger partial charge in [-0.2, -0.15) is 0 Å². The Bertz CT molecular complexity index is 1090. The number of esters is 2. The highest BCUT2D eigenvalue weighted by Crippen LogP contribution is 2.36. The van der Waals surface area contributed by atoms with E-state index in [0.717, 1.165) is 20.8 Å². The SMILES string of the molecule is CCOC(=O)c1cc(C(=O)OCC)c2ccc(-c3nc4ccccc4s3)ccc1-2. The zero-order valence-electron chi connectivity index (χ0n) is 16.1. The van der Waals surface area contributed by atoms with Gasteiger partial charge in [0.2, 0.25) is 0 Å². The fourth-order valence-corrected chi connectivity index (χ4v) is 4.22. The predicted molar refractivity (Wildman–Crippen MR) is 114 cm³/mol. The van der Waals surface area contributed by atoms with Crippen LogP contribution in [0.25, 0.3) is 31.9 Å². The second-order valence-electron chi connectivity index (χ2n) is 6.35. The molecule has 0 N–H and O–H groups in total.